The smallest absolute Gasteiger partial charge is 0.326 e. The molecule has 0 spiro atoms. The van der Waals surface area contributed by atoms with E-state index in [1.165, 1.54) is 11.8 Å². The number of amides is 4. The zero-order valence-corrected chi connectivity index (χ0v) is 21.2. The molecule has 0 fully saturated rings. The summed E-state index contributed by atoms with van der Waals surface area (Å²) in [5.74, 6) is -5.30. The molecule has 4 atom stereocenters. The van der Waals surface area contributed by atoms with Gasteiger partial charge in [0.2, 0.25) is 23.6 Å². The molecule has 1 rings (SSSR count). The predicted molar refractivity (Wildman–Crippen MR) is 135 cm³/mol. The lowest BCUT2D eigenvalue weighted by Gasteiger charge is -2.25. The van der Waals surface area contributed by atoms with Gasteiger partial charge in [-0.05, 0) is 30.4 Å². The number of benzene rings is 1. The molecule has 0 saturated heterocycles. The van der Waals surface area contributed by atoms with Gasteiger partial charge in [0.05, 0.1) is 12.5 Å². The summed E-state index contributed by atoms with van der Waals surface area (Å²) in [6.45, 7) is 0. The van der Waals surface area contributed by atoms with Crippen LogP contribution in [-0.2, 0) is 35.2 Å². The molecule has 13 nitrogen and oxygen atoms in total. The Morgan fingerprint density at radius 2 is 1.43 bits per heavy atom. The molecule has 1 aromatic carbocycles. The summed E-state index contributed by atoms with van der Waals surface area (Å²) in [6, 6.07) is 3.52. The molecule has 0 radical (unpaired) electrons. The van der Waals surface area contributed by atoms with Gasteiger partial charge >= 0.3 is 11.9 Å². The Kier molecular flexibility index (Phi) is 13.7. The number of hydrogen-bond donors (Lipinski definition) is 7. The lowest BCUT2D eigenvalue weighted by atomic mass is 10.0. The second-order valence-corrected chi connectivity index (χ2v) is 9.19. The fourth-order valence-electron chi connectivity index (χ4n) is 3.22. The van der Waals surface area contributed by atoms with Crippen LogP contribution in [0.15, 0.2) is 30.3 Å². The number of carboxylic acid groups (broad SMARTS) is 2. The van der Waals surface area contributed by atoms with E-state index in [9.17, 15) is 33.9 Å². The molecule has 204 valence electrons. The van der Waals surface area contributed by atoms with Crippen molar-refractivity contribution in [3.8, 4) is 0 Å². The van der Waals surface area contributed by atoms with Crippen LogP contribution in [0.2, 0.25) is 0 Å². The zero-order valence-electron chi connectivity index (χ0n) is 20.3. The third-order valence-electron chi connectivity index (χ3n) is 5.18. The Hall–Kier alpha value is -3.65. The molecule has 0 heterocycles. The first-order valence-corrected chi connectivity index (χ1v) is 12.8. The highest BCUT2D eigenvalue weighted by Gasteiger charge is 2.30. The number of thioether (sulfide) groups is 1. The molecular formula is C23H33N5O8S. The molecule has 9 N–H and O–H groups in total. The molecule has 4 amide bonds. The quantitative estimate of drug-likeness (QED) is 0.122. The highest BCUT2D eigenvalue weighted by Crippen LogP contribution is 2.08. The number of carbonyl (C=O) groups is 6. The van der Waals surface area contributed by atoms with E-state index < -0.39 is 72.6 Å². The van der Waals surface area contributed by atoms with E-state index in [4.69, 9.17) is 16.6 Å². The van der Waals surface area contributed by atoms with Gasteiger partial charge in [0.1, 0.15) is 18.1 Å². The Morgan fingerprint density at radius 3 is 1.97 bits per heavy atom. The third-order valence-corrected chi connectivity index (χ3v) is 5.82. The Morgan fingerprint density at radius 1 is 0.865 bits per heavy atom. The lowest BCUT2D eigenvalue weighted by molar-refractivity contribution is -0.143. The molecule has 14 heteroatoms. The van der Waals surface area contributed by atoms with Gasteiger partial charge in [0.15, 0.2) is 0 Å². The topological polar surface area (TPSA) is 231 Å². The van der Waals surface area contributed by atoms with Crippen LogP contribution in [-0.4, -0.2) is 82.0 Å². The minimum atomic E-state index is -1.49. The molecule has 0 saturated carbocycles. The summed E-state index contributed by atoms with van der Waals surface area (Å²) >= 11 is 1.41. The maximum atomic E-state index is 13.1. The molecule has 4 unspecified atom stereocenters. The van der Waals surface area contributed by atoms with Crippen LogP contribution in [0.3, 0.4) is 0 Å². The molecule has 37 heavy (non-hydrogen) atoms. The van der Waals surface area contributed by atoms with Crippen molar-refractivity contribution in [3.63, 3.8) is 0 Å². The van der Waals surface area contributed by atoms with Crippen LogP contribution in [0.5, 0.6) is 0 Å². The summed E-state index contributed by atoms with van der Waals surface area (Å²) in [6.07, 6.45) is 0.707. The fourth-order valence-corrected chi connectivity index (χ4v) is 3.69. The maximum Gasteiger partial charge on any atom is 0.326 e. The van der Waals surface area contributed by atoms with Crippen LogP contribution in [0.1, 0.15) is 31.2 Å². The van der Waals surface area contributed by atoms with Crippen LogP contribution in [0.25, 0.3) is 0 Å². The van der Waals surface area contributed by atoms with Crippen molar-refractivity contribution in [2.45, 2.75) is 56.3 Å². The van der Waals surface area contributed by atoms with E-state index in [1.54, 1.807) is 36.6 Å². The molecule has 1 aromatic rings. The number of carbonyl (C=O) groups excluding carboxylic acids is 4. The monoisotopic (exact) mass is 539 g/mol. The third kappa shape index (κ3) is 12.2. The molecule has 0 aliphatic rings. The van der Waals surface area contributed by atoms with Crippen molar-refractivity contribution < 1.29 is 39.0 Å². The van der Waals surface area contributed by atoms with Crippen LogP contribution >= 0.6 is 11.8 Å². The Balaban J connectivity index is 3.10. The van der Waals surface area contributed by atoms with Crippen LogP contribution in [0.4, 0.5) is 0 Å². The minimum Gasteiger partial charge on any atom is -0.481 e. The van der Waals surface area contributed by atoms with Gasteiger partial charge < -0.3 is 37.6 Å². The van der Waals surface area contributed by atoms with Crippen molar-refractivity contribution in [1.29, 1.82) is 0 Å². The number of aliphatic carboxylic acids is 2. The average Bonchev–Trinajstić information content (AvgIpc) is 2.83. The summed E-state index contributed by atoms with van der Waals surface area (Å²) in [5.41, 5.74) is 11.4. The fraction of sp³-hybridized carbons (Fsp3) is 0.478. The molecule has 0 bridgehead atoms. The second-order valence-electron chi connectivity index (χ2n) is 8.20. The average molecular weight is 540 g/mol. The minimum absolute atomic E-state index is 0.00589. The highest BCUT2D eigenvalue weighted by molar-refractivity contribution is 7.98. The van der Waals surface area contributed by atoms with Crippen molar-refractivity contribution >= 4 is 47.3 Å². The van der Waals surface area contributed by atoms with E-state index in [1.807, 2.05) is 0 Å². The van der Waals surface area contributed by atoms with E-state index in [-0.39, 0.29) is 19.3 Å². The second kappa shape index (κ2) is 16.2. The Labute approximate surface area is 218 Å². The lowest BCUT2D eigenvalue weighted by Crippen LogP contribution is -2.58. The first kappa shape index (κ1) is 31.4. The van der Waals surface area contributed by atoms with Gasteiger partial charge in [-0.25, -0.2) is 4.79 Å². The SMILES string of the molecule is CSCCC(NC(=O)C(N)CC(N)=O)C(=O)NC(Cc1ccccc1)C(=O)NC(CCC(=O)O)C(=O)O. The largest absolute Gasteiger partial charge is 0.481 e. The van der Waals surface area contributed by atoms with Gasteiger partial charge in [-0.1, -0.05) is 30.3 Å². The highest BCUT2D eigenvalue weighted by atomic mass is 32.2. The number of hydrogen-bond acceptors (Lipinski definition) is 8. The molecule has 0 aliphatic heterocycles. The summed E-state index contributed by atoms with van der Waals surface area (Å²) in [4.78, 5) is 72.0. The number of rotatable bonds is 17. The van der Waals surface area contributed by atoms with Gasteiger partial charge in [0, 0.05) is 12.8 Å². The van der Waals surface area contributed by atoms with Gasteiger partial charge in [-0.15, -0.1) is 0 Å². The van der Waals surface area contributed by atoms with Crippen molar-refractivity contribution in [1.82, 2.24) is 16.0 Å². The Bertz CT molecular complexity index is 962. The van der Waals surface area contributed by atoms with Crippen molar-refractivity contribution in [3.05, 3.63) is 35.9 Å². The maximum absolute atomic E-state index is 13.1. The van der Waals surface area contributed by atoms with E-state index in [0.29, 0.717) is 11.3 Å². The van der Waals surface area contributed by atoms with Gasteiger partial charge in [-0.2, -0.15) is 11.8 Å². The summed E-state index contributed by atoms with van der Waals surface area (Å²) in [7, 11) is 0. The number of nitrogens with one attached hydrogen (secondary N) is 3. The summed E-state index contributed by atoms with van der Waals surface area (Å²) < 4.78 is 0. The normalized spacial score (nSPS) is 13.9. The van der Waals surface area contributed by atoms with Crippen molar-refractivity contribution in [2.24, 2.45) is 11.5 Å². The molecule has 0 aromatic heterocycles. The summed E-state index contributed by atoms with van der Waals surface area (Å²) in [5, 5.41) is 25.6. The molecular weight excluding hydrogens is 506 g/mol. The number of carboxylic acids is 2. The predicted octanol–water partition coefficient (Wildman–Crippen LogP) is -1.41. The van der Waals surface area contributed by atoms with E-state index in [2.05, 4.69) is 16.0 Å². The van der Waals surface area contributed by atoms with Crippen molar-refractivity contribution in [2.75, 3.05) is 12.0 Å². The standard InChI is InChI=1S/C23H33N5O8S/c1-37-10-9-15(26-20(32)14(24)12-18(25)29)21(33)28-17(11-13-5-3-2-4-6-13)22(34)27-16(23(35)36)7-8-19(30)31/h2-6,14-17H,7-12,24H2,1H3,(H2,25,29)(H,26,32)(H,27,34)(H,28,33)(H,30,31)(H,35,36). The van der Waals surface area contributed by atoms with Gasteiger partial charge in [0.25, 0.3) is 0 Å². The number of nitrogens with two attached hydrogens (primary N) is 2. The number of primary amides is 1. The van der Waals surface area contributed by atoms with Crippen LogP contribution < -0.4 is 27.4 Å². The molecule has 0 aliphatic carbocycles. The first-order valence-electron chi connectivity index (χ1n) is 11.4. The zero-order chi connectivity index (χ0) is 28.0. The first-order chi connectivity index (χ1) is 17.4. The van der Waals surface area contributed by atoms with E-state index in [0.717, 1.165) is 0 Å². The van der Waals surface area contributed by atoms with Crippen LogP contribution in [0, 0.1) is 0 Å². The van der Waals surface area contributed by atoms with E-state index >= 15 is 0 Å². The van der Waals surface area contributed by atoms with Gasteiger partial charge in [-0.3, -0.25) is 24.0 Å².